The van der Waals surface area contributed by atoms with Crippen LogP contribution in [0.3, 0.4) is 0 Å². The van der Waals surface area contributed by atoms with Gasteiger partial charge in [0, 0.05) is 6.07 Å². The number of carboxylic acid groups (broad SMARTS) is 1. The molecule has 0 atom stereocenters. The van der Waals surface area contributed by atoms with Gasteiger partial charge >= 0.3 is 11.7 Å². The van der Waals surface area contributed by atoms with Crippen molar-refractivity contribution in [2.45, 2.75) is 19.3 Å². The van der Waals surface area contributed by atoms with Crippen LogP contribution in [0.1, 0.15) is 18.4 Å². The minimum absolute atomic E-state index is 0.121. The molecule has 1 aliphatic carbocycles. The van der Waals surface area contributed by atoms with E-state index in [0.717, 1.165) is 12.8 Å². The monoisotopic (exact) mass is 251 g/mol. The van der Waals surface area contributed by atoms with Crippen LogP contribution in [0.25, 0.3) is 0 Å². The van der Waals surface area contributed by atoms with Crippen molar-refractivity contribution in [2.24, 2.45) is 5.92 Å². The van der Waals surface area contributed by atoms with Gasteiger partial charge in [-0.15, -0.1) is 0 Å². The fourth-order valence-electron chi connectivity index (χ4n) is 1.60. The summed E-state index contributed by atoms with van der Waals surface area (Å²) in [4.78, 5) is 20.9. The zero-order valence-corrected chi connectivity index (χ0v) is 9.67. The van der Waals surface area contributed by atoms with Crippen molar-refractivity contribution in [3.05, 3.63) is 33.9 Å². The smallest absolute Gasteiger partial charge is 0.310 e. The number of nitrogens with zero attached hydrogens (tertiary/aromatic N) is 1. The largest absolute Gasteiger partial charge is 0.487 e. The normalized spacial score (nSPS) is 14.2. The molecule has 0 heterocycles. The predicted molar refractivity (Wildman–Crippen MR) is 62.7 cm³/mol. The summed E-state index contributed by atoms with van der Waals surface area (Å²) < 4.78 is 5.41. The summed E-state index contributed by atoms with van der Waals surface area (Å²) in [7, 11) is 0. The highest BCUT2D eigenvalue weighted by molar-refractivity contribution is 5.70. The van der Waals surface area contributed by atoms with Gasteiger partial charge in [0.05, 0.1) is 18.0 Å². The summed E-state index contributed by atoms with van der Waals surface area (Å²) in [6.07, 6.45) is 2.00. The van der Waals surface area contributed by atoms with Gasteiger partial charge in [0.2, 0.25) is 0 Å². The maximum atomic E-state index is 10.8. The van der Waals surface area contributed by atoms with E-state index < -0.39 is 10.9 Å². The van der Waals surface area contributed by atoms with Crippen LogP contribution in [0.2, 0.25) is 0 Å². The van der Waals surface area contributed by atoms with E-state index in [9.17, 15) is 14.9 Å². The van der Waals surface area contributed by atoms with Crippen LogP contribution in [0, 0.1) is 16.0 Å². The van der Waals surface area contributed by atoms with E-state index in [4.69, 9.17) is 9.84 Å². The zero-order valence-electron chi connectivity index (χ0n) is 9.67. The van der Waals surface area contributed by atoms with Gasteiger partial charge in [-0.3, -0.25) is 14.9 Å². The molecule has 1 aliphatic rings. The van der Waals surface area contributed by atoms with Crippen LogP contribution in [-0.4, -0.2) is 22.6 Å². The molecule has 1 aromatic rings. The number of nitro groups is 1. The Balaban J connectivity index is 2.18. The molecule has 1 N–H and O–H groups in total. The highest BCUT2D eigenvalue weighted by Crippen LogP contribution is 2.33. The second-order valence-electron chi connectivity index (χ2n) is 4.38. The third kappa shape index (κ3) is 3.19. The predicted octanol–water partition coefficient (Wildman–Crippen LogP) is 2.01. The molecule has 0 bridgehead atoms. The average Bonchev–Trinajstić information content (AvgIpc) is 3.09. The summed E-state index contributed by atoms with van der Waals surface area (Å²) in [6, 6.07) is 4.17. The van der Waals surface area contributed by atoms with E-state index in [1.807, 2.05) is 0 Å². The Morgan fingerprint density at radius 1 is 1.50 bits per heavy atom. The zero-order chi connectivity index (χ0) is 13.1. The lowest BCUT2D eigenvalue weighted by Crippen LogP contribution is -2.04. The number of ether oxygens (including phenoxy) is 1. The van der Waals surface area contributed by atoms with Gasteiger partial charge in [-0.05, 0) is 30.4 Å². The first kappa shape index (κ1) is 12.3. The van der Waals surface area contributed by atoms with Gasteiger partial charge in [0.1, 0.15) is 0 Å². The molecule has 1 saturated carbocycles. The van der Waals surface area contributed by atoms with E-state index in [1.54, 1.807) is 0 Å². The van der Waals surface area contributed by atoms with Gasteiger partial charge < -0.3 is 9.84 Å². The first-order valence-corrected chi connectivity index (χ1v) is 5.68. The van der Waals surface area contributed by atoms with Gasteiger partial charge in [-0.1, -0.05) is 6.07 Å². The Bertz CT molecular complexity index is 481. The van der Waals surface area contributed by atoms with Gasteiger partial charge in [0.25, 0.3) is 0 Å². The topological polar surface area (TPSA) is 89.7 Å². The van der Waals surface area contributed by atoms with Crippen LogP contribution in [0.5, 0.6) is 5.75 Å². The molecule has 96 valence electrons. The Kier molecular flexibility index (Phi) is 3.45. The highest BCUT2D eigenvalue weighted by atomic mass is 16.6. The molecule has 18 heavy (non-hydrogen) atoms. The number of nitro benzene ring substituents is 1. The van der Waals surface area contributed by atoms with Crippen molar-refractivity contribution < 1.29 is 19.6 Å². The number of rotatable bonds is 6. The maximum absolute atomic E-state index is 10.8. The Morgan fingerprint density at radius 3 is 2.78 bits per heavy atom. The molecule has 0 aromatic heterocycles. The Labute approximate surface area is 103 Å². The molecule has 1 aromatic carbocycles. The Hall–Kier alpha value is -2.11. The number of benzene rings is 1. The number of hydrogen-bond donors (Lipinski definition) is 1. The SMILES string of the molecule is O=C(O)Cc1ccc([N+](=O)[O-])c(OCC2CC2)c1. The third-order valence-electron chi connectivity index (χ3n) is 2.75. The maximum Gasteiger partial charge on any atom is 0.310 e. The van der Waals surface area contributed by atoms with E-state index in [1.165, 1.54) is 18.2 Å². The molecule has 1 fully saturated rings. The Morgan fingerprint density at radius 2 is 2.22 bits per heavy atom. The third-order valence-corrected chi connectivity index (χ3v) is 2.75. The van der Waals surface area contributed by atoms with E-state index in [0.29, 0.717) is 18.1 Å². The molecular weight excluding hydrogens is 238 g/mol. The second kappa shape index (κ2) is 5.03. The number of carboxylic acids is 1. The van der Waals surface area contributed by atoms with Crippen LogP contribution >= 0.6 is 0 Å². The molecule has 0 amide bonds. The molecule has 0 saturated heterocycles. The van der Waals surface area contributed by atoms with Crippen molar-refractivity contribution in [1.29, 1.82) is 0 Å². The summed E-state index contributed by atoms with van der Waals surface area (Å²) in [5, 5.41) is 19.5. The van der Waals surface area contributed by atoms with Crippen LogP contribution in [-0.2, 0) is 11.2 Å². The second-order valence-corrected chi connectivity index (χ2v) is 4.38. The van der Waals surface area contributed by atoms with E-state index in [-0.39, 0.29) is 17.9 Å². The first-order chi connectivity index (χ1) is 8.56. The summed E-state index contributed by atoms with van der Waals surface area (Å²) >= 11 is 0. The van der Waals surface area contributed by atoms with Crippen molar-refractivity contribution >= 4 is 11.7 Å². The fraction of sp³-hybridized carbons (Fsp3) is 0.417. The summed E-state index contributed by atoms with van der Waals surface area (Å²) in [5.41, 5.74) is 0.378. The summed E-state index contributed by atoms with van der Waals surface area (Å²) in [6.45, 7) is 0.456. The molecule has 6 nitrogen and oxygen atoms in total. The average molecular weight is 251 g/mol. The minimum Gasteiger partial charge on any atom is -0.487 e. The number of carbonyl (C=O) groups is 1. The van der Waals surface area contributed by atoms with Crippen molar-refractivity contribution in [3.8, 4) is 5.75 Å². The molecule has 0 unspecified atom stereocenters. The lowest BCUT2D eigenvalue weighted by molar-refractivity contribution is -0.385. The molecule has 2 rings (SSSR count). The van der Waals surface area contributed by atoms with Crippen LogP contribution in [0.4, 0.5) is 5.69 Å². The quantitative estimate of drug-likeness (QED) is 0.617. The summed E-state index contributed by atoms with van der Waals surface area (Å²) in [5.74, 6) is -0.338. The molecule has 0 aliphatic heterocycles. The van der Waals surface area contributed by atoms with Crippen LogP contribution in [0.15, 0.2) is 18.2 Å². The van der Waals surface area contributed by atoms with Crippen molar-refractivity contribution in [3.63, 3.8) is 0 Å². The molecule has 0 radical (unpaired) electrons. The minimum atomic E-state index is -0.975. The van der Waals surface area contributed by atoms with E-state index >= 15 is 0 Å². The van der Waals surface area contributed by atoms with Gasteiger partial charge in [0.15, 0.2) is 5.75 Å². The fourth-order valence-corrected chi connectivity index (χ4v) is 1.60. The van der Waals surface area contributed by atoms with Crippen molar-refractivity contribution in [1.82, 2.24) is 0 Å². The number of hydrogen-bond acceptors (Lipinski definition) is 4. The van der Waals surface area contributed by atoms with Gasteiger partial charge in [-0.25, -0.2) is 0 Å². The number of aliphatic carboxylic acids is 1. The lowest BCUT2D eigenvalue weighted by atomic mass is 10.1. The molecular formula is C12H13NO5. The first-order valence-electron chi connectivity index (χ1n) is 5.68. The lowest BCUT2D eigenvalue weighted by Gasteiger charge is -2.07. The highest BCUT2D eigenvalue weighted by Gasteiger charge is 2.24. The standard InChI is InChI=1S/C12H13NO5/c14-12(15)6-9-3-4-10(13(16)17)11(5-9)18-7-8-1-2-8/h3-5,8H,1-2,6-7H2,(H,14,15). The van der Waals surface area contributed by atoms with Gasteiger partial charge in [-0.2, -0.15) is 0 Å². The van der Waals surface area contributed by atoms with Crippen molar-refractivity contribution in [2.75, 3.05) is 6.61 Å². The van der Waals surface area contributed by atoms with Crippen LogP contribution < -0.4 is 4.74 Å². The van der Waals surface area contributed by atoms with E-state index in [2.05, 4.69) is 0 Å². The molecule has 6 heteroatoms. The molecule has 0 spiro atoms.